The summed E-state index contributed by atoms with van der Waals surface area (Å²) in [6.07, 6.45) is 0. The summed E-state index contributed by atoms with van der Waals surface area (Å²) in [6.45, 7) is 0.802. The Morgan fingerprint density at radius 3 is 2.04 bits per heavy atom. The van der Waals surface area contributed by atoms with E-state index in [1.165, 1.54) is 12.1 Å². The van der Waals surface area contributed by atoms with Crippen LogP contribution in [-0.4, -0.2) is 44.0 Å². The van der Waals surface area contributed by atoms with Gasteiger partial charge in [0.15, 0.2) is 0 Å². The molecule has 0 bridgehead atoms. The van der Waals surface area contributed by atoms with E-state index in [1.54, 1.807) is 31.2 Å². The zero-order valence-electron chi connectivity index (χ0n) is 13.7. The van der Waals surface area contributed by atoms with Gasteiger partial charge in [-0.2, -0.15) is 0 Å². The molecule has 0 radical (unpaired) electrons. The van der Waals surface area contributed by atoms with E-state index >= 15 is 0 Å². The molecular weight excluding hydrogens is 308 g/mol. The van der Waals surface area contributed by atoms with Crippen LogP contribution < -0.4 is 15.2 Å². The van der Waals surface area contributed by atoms with Crippen LogP contribution in [0.5, 0.6) is 11.5 Å². The summed E-state index contributed by atoms with van der Waals surface area (Å²) < 4.78 is 10.7. The fraction of sp³-hybridized carbons (Fsp3) is 0.222. The number of methoxy groups -OCH3 is 1. The topological polar surface area (TPSA) is 81.9 Å². The lowest BCUT2D eigenvalue weighted by atomic mass is 10.1. The van der Waals surface area contributed by atoms with Crippen molar-refractivity contribution in [2.75, 3.05) is 27.3 Å². The predicted octanol–water partition coefficient (Wildman–Crippen LogP) is 1.95. The summed E-state index contributed by atoms with van der Waals surface area (Å²) in [6, 6.07) is 13.5. The number of carbonyl (C=O) groups is 2. The fourth-order valence-electron chi connectivity index (χ4n) is 2.07. The first-order valence-corrected chi connectivity index (χ1v) is 7.43. The van der Waals surface area contributed by atoms with Gasteiger partial charge in [0.2, 0.25) is 5.91 Å². The molecule has 0 heterocycles. The van der Waals surface area contributed by atoms with Gasteiger partial charge in [0, 0.05) is 18.2 Å². The molecule has 0 fully saturated rings. The number of nitrogens with zero attached hydrogens (tertiary/aromatic N) is 1. The molecule has 0 unspecified atom stereocenters. The highest BCUT2D eigenvalue weighted by Crippen LogP contribution is 2.17. The molecule has 2 rings (SSSR count). The van der Waals surface area contributed by atoms with Gasteiger partial charge in [-0.1, -0.05) is 0 Å². The summed E-state index contributed by atoms with van der Waals surface area (Å²) in [5.41, 5.74) is 6.05. The van der Waals surface area contributed by atoms with Gasteiger partial charge < -0.3 is 20.1 Å². The molecule has 2 aromatic rings. The number of amides is 2. The third-order valence-electron chi connectivity index (χ3n) is 3.52. The van der Waals surface area contributed by atoms with Crippen molar-refractivity contribution >= 4 is 11.8 Å². The van der Waals surface area contributed by atoms with Crippen LogP contribution >= 0.6 is 0 Å². The standard InChI is InChI=1S/C18H20N2O4/c1-20(11-12-24-16-9-7-15(23-2)8-10-16)18(22)14-5-3-13(4-6-14)17(19)21/h3-10H,11-12H2,1-2H3,(H2,19,21). The molecule has 0 aliphatic carbocycles. The number of carbonyl (C=O) groups excluding carboxylic acids is 2. The van der Waals surface area contributed by atoms with E-state index in [1.807, 2.05) is 24.3 Å². The van der Waals surface area contributed by atoms with Crippen LogP contribution in [0, 0.1) is 0 Å². The van der Waals surface area contributed by atoms with Gasteiger partial charge in [-0.25, -0.2) is 0 Å². The van der Waals surface area contributed by atoms with Crippen molar-refractivity contribution in [3.63, 3.8) is 0 Å². The molecule has 6 heteroatoms. The summed E-state index contributed by atoms with van der Waals surface area (Å²) in [5, 5.41) is 0. The summed E-state index contributed by atoms with van der Waals surface area (Å²) >= 11 is 0. The van der Waals surface area contributed by atoms with Crippen molar-refractivity contribution in [3.05, 3.63) is 59.7 Å². The first-order chi connectivity index (χ1) is 11.5. The highest BCUT2D eigenvalue weighted by Gasteiger charge is 2.12. The average Bonchev–Trinajstić information content (AvgIpc) is 2.61. The van der Waals surface area contributed by atoms with E-state index in [0.29, 0.717) is 30.0 Å². The second-order valence-corrected chi connectivity index (χ2v) is 5.19. The third-order valence-corrected chi connectivity index (χ3v) is 3.52. The third kappa shape index (κ3) is 4.49. The van der Waals surface area contributed by atoms with Crippen LogP contribution in [0.15, 0.2) is 48.5 Å². The van der Waals surface area contributed by atoms with Gasteiger partial charge in [0.25, 0.3) is 5.91 Å². The lowest BCUT2D eigenvalue weighted by Gasteiger charge is -2.17. The molecule has 0 saturated carbocycles. The molecule has 2 amide bonds. The maximum absolute atomic E-state index is 12.3. The maximum atomic E-state index is 12.3. The molecule has 2 N–H and O–H groups in total. The van der Waals surface area contributed by atoms with Crippen molar-refractivity contribution in [1.29, 1.82) is 0 Å². The lowest BCUT2D eigenvalue weighted by Crippen LogP contribution is -2.30. The van der Waals surface area contributed by atoms with E-state index in [2.05, 4.69) is 0 Å². The number of primary amides is 1. The smallest absolute Gasteiger partial charge is 0.253 e. The van der Waals surface area contributed by atoms with Crippen LogP contribution in [0.4, 0.5) is 0 Å². The number of benzene rings is 2. The van der Waals surface area contributed by atoms with Gasteiger partial charge in [-0.3, -0.25) is 9.59 Å². The van der Waals surface area contributed by atoms with E-state index < -0.39 is 5.91 Å². The Hall–Kier alpha value is -3.02. The molecule has 0 saturated heterocycles. The molecule has 0 atom stereocenters. The number of likely N-dealkylation sites (N-methyl/N-ethyl adjacent to an activating group) is 1. The average molecular weight is 328 g/mol. The monoisotopic (exact) mass is 328 g/mol. The Bertz CT molecular complexity index is 696. The number of ether oxygens (including phenoxy) is 2. The molecule has 0 spiro atoms. The fourth-order valence-corrected chi connectivity index (χ4v) is 2.07. The molecule has 24 heavy (non-hydrogen) atoms. The van der Waals surface area contributed by atoms with Crippen molar-refractivity contribution in [2.45, 2.75) is 0 Å². The predicted molar refractivity (Wildman–Crippen MR) is 90.4 cm³/mol. The molecule has 6 nitrogen and oxygen atoms in total. The summed E-state index contributed by atoms with van der Waals surface area (Å²) in [4.78, 5) is 24.9. The maximum Gasteiger partial charge on any atom is 0.253 e. The summed E-state index contributed by atoms with van der Waals surface area (Å²) in [5.74, 6) is 0.802. The lowest BCUT2D eigenvalue weighted by molar-refractivity contribution is 0.0773. The second kappa shape index (κ2) is 8.01. The van der Waals surface area contributed by atoms with E-state index in [4.69, 9.17) is 15.2 Å². The number of rotatable bonds is 7. The second-order valence-electron chi connectivity index (χ2n) is 5.19. The Morgan fingerprint density at radius 2 is 1.50 bits per heavy atom. The quantitative estimate of drug-likeness (QED) is 0.842. The largest absolute Gasteiger partial charge is 0.497 e. The van der Waals surface area contributed by atoms with Gasteiger partial charge >= 0.3 is 0 Å². The van der Waals surface area contributed by atoms with Gasteiger partial charge in [0.05, 0.1) is 13.7 Å². The molecule has 0 aliphatic rings. The molecule has 2 aromatic carbocycles. The van der Waals surface area contributed by atoms with E-state index in [0.717, 1.165) is 5.75 Å². The number of hydrogen-bond acceptors (Lipinski definition) is 4. The number of hydrogen-bond donors (Lipinski definition) is 1. The SMILES string of the molecule is COc1ccc(OCCN(C)C(=O)c2ccc(C(N)=O)cc2)cc1. The minimum atomic E-state index is -0.518. The van der Waals surface area contributed by atoms with Crippen LogP contribution in [0.25, 0.3) is 0 Å². The van der Waals surface area contributed by atoms with Crippen LogP contribution in [0.1, 0.15) is 20.7 Å². The van der Waals surface area contributed by atoms with Crippen molar-refractivity contribution in [1.82, 2.24) is 4.90 Å². The first-order valence-electron chi connectivity index (χ1n) is 7.43. The minimum Gasteiger partial charge on any atom is -0.497 e. The minimum absolute atomic E-state index is 0.149. The molecular formula is C18H20N2O4. The zero-order chi connectivity index (χ0) is 17.5. The highest BCUT2D eigenvalue weighted by molar-refractivity contribution is 5.97. The number of nitrogens with two attached hydrogens (primary N) is 1. The van der Waals surface area contributed by atoms with Crippen molar-refractivity contribution < 1.29 is 19.1 Å². The molecule has 126 valence electrons. The first kappa shape index (κ1) is 17.3. The van der Waals surface area contributed by atoms with Crippen LogP contribution in [0.2, 0.25) is 0 Å². The Morgan fingerprint density at radius 1 is 0.958 bits per heavy atom. The Kier molecular flexibility index (Phi) is 5.78. The Balaban J connectivity index is 1.85. The van der Waals surface area contributed by atoms with E-state index in [-0.39, 0.29) is 5.91 Å². The summed E-state index contributed by atoms with van der Waals surface area (Å²) in [7, 11) is 3.30. The molecule has 0 aromatic heterocycles. The van der Waals surface area contributed by atoms with Crippen LogP contribution in [0.3, 0.4) is 0 Å². The Labute approximate surface area is 140 Å². The van der Waals surface area contributed by atoms with Crippen LogP contribution in [-0.2, 0) is 0 Å². The zero-order valence-corrected chi connectivity index (χ0v) is 13.7. The van der Waals surface area contributed by atoms with Crippen molar-refractivity contribution in [2.24, 2.45) is 5.73 Å². The van der Waals surface area contributed by atoms with Gasteiger partial charge in [-0.05, 0) is 48.5 Å². The van der Waals surface area contributed by atoms with Gasteiger partial charge in [0.1, 0.15) is 18.1 Å². The van der Waals surface area contributed by atoms with Gasteiger partial charge in [-0.15, -0.1) is 0 Å². The van der Waals surface area contributed by atoms with Crippen molar-refractivity contribution in [3.8, 4) is 11.5 Å². The molecule has 0 aliphatic heterocycles. The highest BCUT2D eigenvalue weighted by atomic mass is 16.5. The van der Waals surface area contributed by atoms with E-state index in [9.17, 15) is 9.59 Å². The normalized spacial score (nSPS) is 10.1.